The summed E-state index contributed by atoms with van der Waals surface area (Å²) in [7, 11) is 0. The number of aromatic amines is 1. The molecule has 1 saturated heterocycles. The molecule has 1 amide bonds. The Morgan fingerprint density at radius 2 is 1.93 bits per heavy atom. The number of aromatic nitrogens is 4. The minimum Gasteiger partial charge on any atom is -0.342 e. The van der Waals surface area contributed by atoms with Gasteiger partial charge in [0.25, 0.3) is 0 Å². The molecule has 1 aliphatic carbocycles. The predicted molar refractivity (Wildman–Crippen MR) is 113 cm³/mol. The molecule has 2 aromatic rings. The number of nitrogens with zero attached hydrogens (tertiary/aromatic N) is 4. The van der Waals surface area contributed by atoms with Crippen molar-refractivity contribution in [2.45, 2.75) is 65.2 Å². The van der Waals surface area contributed by atoms with Crippen LogP contribution in [-0.2, 0) is 11.2 Å². The van der Waals surface area contributed by atoms with Crippen molar-refractivity contribution in [2.75, 3.05) is 18.4 Å². The van der Waals surface area contributed by atoms with E-state index in [-0.39, 0.29) is 5.92 Å². The van der Waals surface area contributed by atoms with Gasteiger partial charge < -0.3 is 10.2 Å². The summed E-state index contributed by atoms with van der Waals surface area (Å²) < 4.78 is 0. The predicted octanol–water partition coefficient (Wildman–Crippen LogP) is 3.92. The van der Waals surface area contributed by atoms with Gasteiger partial charge in [-0.2, -0.15) is 5.10 Å². The number of hydrogen-bond donors (Lipinski definition) is 2. The number of carbonyl (C=O) groups excluding carboxylic acids is 1. The van der Waals surface area contributed by atoms with Crippen LogP contribution in [0.2, 0.25) is 0 Å². The fraction of sp³-hybridized carbons (Fsp3) is 0.636. The Kier molecular flexibility index (Phi) is 6.11. The van der Waals surface area contributed by atoms with Crippen LogP contribution >= 0.6 is 0 Å². The zero-order valence-corrected chi connectivity index (χ0v) is 17.6. The summed E-state index contributed by atoms with van der Waals surface area (Å²) in [6.45, 7) is 5.67. The molecular formula is C22H32N6O. The van der Waals surface area contributed by atoms with Crippen molar-refractivity contribution in [1.82, 2.24) is 25.1 Å². The molecule has 1 atom stereocenters. The Morgan fingerprint density at radius 1 is 1.10 bits per heavy atom. The number of aryl methyl sites for hydroxylation is 2. The SMILES string of the molecule is Cc1nc(C[C@@H]2CCCN(C(=O)C3CCCCC3)C2)cc(Nc2cc(C)[nH]n2)n1. The lowest BCUT2D eigenvalue weighted by Gasteiger charge is -2.36. The van der Waals surface area contributed by atoms with Crippen molar-refractivity contribution in [2.24, 2.45) is 11.8 Å². The molecule has 1 aliphatic heterocycles. The lowest BCUT2D eigenvalue weighted by atomic mass is 9.86. The standard InChI is InChI=1S/C22H32N6O/c1-15-11-21(27-26-15)25-20-13-19(23-16(2)24-20)12-17-7-6-10-28(14-17)22(29)18-8-4-3-5-9-18/h11,13,17-18H,3-10,12,14H2,1-2H3,(H2,23,24,25,26,27)/t17-/m0/s1. The quantitative estimate of drug-likeness (QED) is 0.800. The van der Waals surface area contributed by atoms with Gasteiger partial charge in [-0.3, -0.25) is 9.89 Å². The number of carbonyl (C=O) groups is 1. The second-order valence-corrected chi connectivity index (χ2v) is 8.68. The topological polar surface area (TPSA) is 86.8 Å². The first-order valence-corrected chi connectivity index (χ1v) is 11.0. The smallest absolute Gasteiger partial charge is 0.225 e. The van der Waals surface area contributed by atoms with Gasteiger partial charge in [-0.25, -0.2) is 9.97 Å². The first-order chi connectivity index (χ1) is 14.1. The van der Waals surface area contributed by atoms with E-state index in [9.17, 15) is 4.79 Å². The molecule has 3 heterocycles. The molecule has 4 rings (SSSR count). The second kappa shape index (κ2) is 8.93. The van der Waals surface area contributed by atoms with Crippen molar-refractivity contribution in [3.05, 3.63) is 29.3 Å². The highest BCUT2D eigenvalue weighted by Gasteiger charge is 2.30. The molecule has 2 aromatic heterocycles. The summed E-state index contributed by atoms with van der Waals surface area (Å²) in [5, 5.41) is 10.4. The lowest BCUT2D eigenvalue weighted by Crippen LogP contribution is -2.44. The molecule has 7 nitrogen and oxygen atoms in total. The van der Waals surface area contributed by atoms with Gasteiger partial charge in [0.05, 0.1) is 0 Å². The summed E-state index contributed by atoms with van der Waals surface area (Å²) in [5.74, 6) is 3.40. The summed E-state index contributed by atoms with van der Waals surface area (Å²) in [6.07, 6.45) is 8.97. The number of piperidine rings is 1. The van der Waals surface area contributed by atoms with E-state index in [4.69, 9.17) is 0 Å². The highest BCUT2D eigenvalue weighted by atomic mass is 16.2. The number of nitrogens with one attached hydrogen (secondary N) is 2. The van der Waals surface area contributed by atoms with Crippen LogP contribution in [0.5, 0.6) is 0 Å². The summed E-state index contributed by atoms with van der Waals surface area (Å²) in [5.41, 5.74) is 2.03. The highest BCUT2D eigenvalue weighted by molar-refractivity contribution is 5.79. The largest absolute Gasteiger partial charge is 0.342 e. The van der Waals surface area contributed by atoms with Crippen LogP contribution in [0, 0.1) is 25.7 Å². The third kappa shape index (κ3) is 5.14. The maximum absolute atomic E-state index is 12.9. The third-order valence-electron chi connectivity index (χ3n) is 6.14. The zero-order valence-electron chi connectivity index (χ0n) is 17.6. The summed E-state index contributed by atoms with van der Waals surface area (Å²) >= 11 is 0. The van der Waals surface area contributed by atoms with Crippen LogP contribution in [0.25, 0.3) is 0 Å². The Hall–Kier alpha value is -2.44. The molecule has 2 fully saturated rings. The van der Waals surface area contributed by atoms with Gasteiger partial charge in [0.15, 0.2) is 5.82 Å². The highest BCUT2D eigenvalue weighted by Crippen LogP contribution is 2.28. The van der Waals surface area contributed by atoms with Crippen molar-refractivity contribution < 1.29 is 4.79 Å². The molecular weight excluding hydrogens is 364 g/mol. The second-order valence-electron chi connectivity index (χ2n) is 8.68. The molecule has 7 heteroatoms. The van der Waals surface area contributed by atoms with Crippen LogP contribution in [-0.4, -0.2) is 44.1 Å². The number of likely N-dealkylation sites (tertiary alicyclic amines) is 1. The van der Waals surface area contributed by atoms with Crippen molar-refractivity contribution in [1.29, 1.82) is 0 Å². The summed E-state index contributed by atoms with van der Waals surface area (Å²) in [6, 6.07) is 3.96. The monoisotopic (exact) mass is 396 g/mol. The minimum atomic E-state index is 0.261. The molecule has 2 aliphatic rings. The Morgan fingerprint density at radius 3 is 2.69 bits per heavy atom. The fourth-order valence-electron chi connectivity index (χ4n) is 4.75. The molecule has 0 radical (unpaired) electrons. The van der Waals surface area contributed by atoms with Gasteiger partial charge >= 0.3 is 0 Å². The number of anilines is 2. The zero-order chi connectivity index (χ0) is 20.2. The van der Waals surface area contributed by atoms with E-state index in [1.165, 1.54) is 19.3 Å². The van der Waals surface area contributed by atoms with Gasteiger partial charge in [0, 0.05) is 42.5 Å². The first-order valence-electron chi connectivity index (χ1n) is 11.0. The molecule has 0 spiro atoms. The van der Waals surface area contributed by atoms with Crippen LogP contribution < -0.4 is 5.32 Å². The van der Waals surface area contributed by atoms with Gasteiger partial charge in [0.2, 0.25) is 5.91 Å². The van der Waals surface area contributed by atoms with E-state index in [2.05, 4.69) is 30.4 Å². The number of hydrogen-bond acceptors (Lipinski definition) is 5. The van der Waals surface area contributed by atoms with Crippen molar-refractivity contribution in [3.8, 4) is 0 Å². The van der Waals surface area contributed by atoms with E-state index >= 15 is 0 Å². The first kappa shape index (κ1) is 19.9. The van der Waals surface area contributed by atoms with Gasteiger partial charge in [-0.1, -0.05) is 19.3 Å². The van der Waals surface area contributed by atoms with Gasteiger partial charge in [0.1, 0.15) is 11.6 Å². The van der Waals surface area contributed by atoms with E-state index in [0.717, 1.165) is 74.0 Å². The van der Waals surface area contributed by atoms with Gasteiger partial charge in [-0.05, 0) is 51.9 Å². The third-order valence-corrected chi connectivity index (χ3v) is 6.14. The van der Waals surface area contributed by atoms with Crippen molar-refractivity contribution >= 4 is 17.5 Å². The number of rotatable bonds is 5. The average Bonchev–Trinajstić information content (AvgIpc) is 3.12. The maximum atomic E-state index is 12.9. The van der Waals surface area contributed by atoms with Crippen LogP contribution in [0.4, 0.5) is 11.6 Å². The van der Waals surface area contributed by atoms with Crippen LogP contribution in [0.15, 0.2) is 12.1 Å². The Labute approximate surface area is 172 Å². The molecule has 0 aromatic carbocycles. The average molecular weight is 397 g/mol. The van der Waals surface area contributed by atoms with E-state index in [1.807, 2.05) is 26.0 Å². The molecule has 1 saturated carbocycles. The molecule has 0 bridgehead atoms. The fourth-order valence-corrected chi connectivity index (χ4v) is 4.75. The van der Waals surface area contributed by atoms with Crippen LogP contribution in [0.3, 0.4) is 0 Å². The minimum absolute atomic E-state index is 0.261. The van der Waals surface area contributed by atoms with E-state index in [0.29, 0.717) is 11.8 Å². The van der Waals surface area contributed by atoms with E-state index < -0.39 is 0 Å². The Balaban J connectivity index is 1.39. The molecule has 29 heavy (non-hydrogen) atoms. The van der Waals surface area contributed by atoms with Crippen LogP contribution in [0.1, 0.15) is 62.2 Å². The molecule has 2 N–H and O–H groups in total. The lowest BCUT2D eigenvalue weighted by molar-refractivity contribution is -0.138. The van der Waals surface area contributed by atoms with Crippen molar-refractivity contribution in [3.63, 3.8) is 0 Å². The normalized spacial score (nSPS) is 20.6. The molecule has 156 valence electrons. The Bertz CT molecular complexity index is 842. The maximum Gasteiger partial charge on any atom is 0.225 e. The van der Waals surface area contributed by atoms with Gasteiger partial charge in [-0.15, -0.1) is 0 Å². The van der Waals surface area contributed by atoms with E-state index in [1.54, 1.807) is 0 Å². The summed E-state index contributed by atoms with van der Waals surface area (Å²) in [4.78, 5) is 24.2. The number of H-pyrrole nitrogens is 1. The molecule has 0 unspecified atom stereocenters. The number of amides is 1.